The Bertz CT molecular complexity index is 1610. The number of aliphatic hydroxyl groups is 3. The van der Waals surface area contributed by atoms with Crippen LogP contribution in [0.1, 0.15) is 70.8 Å². The zero-order chi connectivity index (χ0) is 29.9. The van der Waals surface area contributed by atoms with Crippen molar-refractivity contribution in [2.45, 2.75) is 57.4 Å². The number of aldehydes is 1. The minimum Gasteiger partial charge on any atom is -0.434 e. The molecule has 5 N–H and O–H groups in total. The van der Waals surface area contributed by atoms with Crippen molar-refractivity contribution in [3.8, 4) is 16.9 Å². The third kappa shape index (κ3) is 5.18. The Morgan fingerprint density at radius 1 is 1.20 bits per heavy atom. The van der Waals surface area contributed by atoms with Crippen LogP contribution in [0, 0.1) is 6.92 Å². The first-order valence-electron chi connectivity index (χ1n) is 12.8. The van der Waals surface area contributed by atoms with E-state index in [1.165, 1.54) is 25.2 Å². The normalized spacial score (nSPS) is 17.5. The van der Waals surface area contributed by atoms with Crippen molar-refractivity contribution in [1.82, 2.24) is 24.5 Å². The second-order valence-electron chi connectivity index (χ2n) is 10.8. The van der Waals surface area contributed by atoms with Crippen molar-refractivity contribution >= 4 is 11.8 Å². The van der Waals surface area contributed by atoms with Gasteiger partial charge in [-0.05, 0) is 57.5 Å². The fourth-order valence-corrected chi connectivity index (χ4v) is 5.44. The monoisotopic (exact) mass is 568 g/mol. The molecule has 0 amide bonds. The molecule has 5 rings (SSSR count). The zero-order valence-corrected chi connectivity index (χ0v) is 22.8. The third-order valence-electron chi connectivity index (χ3n) is 7.43. The molecule has 41 heavy (non-hydrogen) atoms. The molecule has 2 atom stereocenters. The zero-order valence-electron chi connectivity index (χ0n) is 22.8. The topological polar surface area (TPSA) is 159 Å². The number of rotatable bonds is 8. The fraction of sp³-hybridized carbons (Fsp3) is 0.357. The Hall–Kier alpha value is -3.88. The van der Waals surface area contributed by atoms with E-state index >= 15 is 0 Å². The van der Waals surface area contributed by atoms with Crippen molar-refractivity contribution in [3.63, 3.8) is 0 Å². The molecule has 0 fully saturated rings. The summed E-state index contributed by atoms with van der Waals surface area (Å²) in [6.07, 6.45) is 2.52. The van der Waals surface area contributed by atoms with Gasteiger partial charge in [-0.2, -0.15) is 13.9 Å². The van der Waals surface area contributed by atoms with Gasteiger partial charge in [0.15, 0.2) is 0 Å². The number of benzene rings is 1. The maximum atomic E-state index is 13.4. The first-order valence-corrected chi connectivity index (χ1v) is 12.8. The highest BCUT2D eigenvalue weighted by Crippen LogP contribution is 2.51. The number of hydrogen-bond donors (Lipinski definition) is 4. The molecular weight excluding hydrogens is 538 g/mol. The first kappa shape index (κ1) is 28.6. The van der Waals surface area contributed by atoms with Crippen LogP contribution in [0.2, 0.25) is 0 Å². The van der Waals surface area contributed by atoms with E-state index in [4.69, 9.17) is 10.5 Å². The summed E-state index contributed by atoms with van der Waals surface area (Å²) in [6, 6.07) is 5.26. The van der Waals surface area contributed by atoms with E-state index in [0.29, 0.717) is 34.4 Å². The summed E-state index contributed by atoms with van der Waals surface area (Å²) in [5.74, 6) is -0.458. The van der Waals surface area contributed by atoms with Gasteiger partial charge in [0.1, 0.15) is 17.9 Å². The molecule has 3 heterocycles. The number of nitrogens with zero attached hydrogens (tertiary/aromatic N) is 5. The molecule has 0 bridgehead atoms. The van der Waals surface area contributed by atoms with Crippen LogP contribution < -0.4 is 10.5 Å². The van der Waals surface area contributed by atoms with E-state index in [2.05, 4.69) is 15.1 Å². The molecule has 0 saturated heterocycles. The maximum absolute atomic E-state index is 13.4. The molecule has 0 saturated carbocycles. The van der Waals surface area contributed by atoms with Gasteiger partial charge in [0.05, 0.1) is 22.8 Å². The third-order valence-corrected chi connectivity index (χ3v) is 7.43. The molecule has 0 radical (unpaired) electrons. The second kappa shape index (κ2) is 10.2. The molecular formula is C28H30F2N6O5. The highest BCUT2D eigenvalue weighted by Gasteiger charge is 2.45. The largest absolute Gasteiger partial charge is 0.434 e. The van der Waals surface area contributed by atoms with Gasteiger partial charge in [0.2, 0.25) is 0 Å². The molecule has 11 nitrogen and oxygen atoms in total. The number of nitrogens with two attached hydrogens (primary N) is 1. The number of halogens is 2. The van der Waals surface area contributed by atoms with Crippen LogP contribution in [0.4, 0.5) is 8.78 Å². The fourth-order valence-electron chi connectivity index (χ4n) is 5.44. The van der Waals surface area contributed by atoms with E-state index < -0.39 is 30.2 Å². The van der Waals surface area contributed by atoms with Crippen LogP contribution >= 0.6 is 0 Å². The number of pyridine rings is 1. The lowest BCUT2D eigenvalue weighted by atomic mass is 9.88. The lowest BCUT2D eigenvalue weighted by Gasteiger charge is -2.31. The van der Waals surface area contributed by atoms with Gasteiger partial charge >= 0.3 is 12.7 Å². The second-order valence-corrected chi connectivity index (χ2v) is 10.8. The van der Waals surface area contributed by atoms with E-state index in [9.17, 15) is 28.9 Å². The van der Waals surface area contributed by atoms with Crippen LogP contribution in [-0.4, -0.2) is 65.8 Å². The van der Waals surface area contributed by atoms with Crippen molar-refractivity contribution in [2.24, 2.45) is 5.73 Å². The van der Waals surface area contributed by atoms with Crippen molar-refractivity contribution in [2.75, 3.05) is 7.05 Å². The van der Waals surface area contributed by atoms with Crippen LogP contribution in [0.5, 0.6) is 5.75 Å². The number of fused-ring (bicyclic) bond motifs is 3. The number of ether oxygens (including phenoxy) is 1. The van der Waals surface area contributed by atoms with Crippen LogP contribution in [0.3, 0.4) is 0 Å². The van der Waals surface area contributed by atoms with Gasteiger partial charge in [-0.3, -0.25) is 4.79 Å². The van der Waals surface area contributed by atoms with Crippen molar-refractivity contribution in [1.29, 1.82) is 0 Å². The van der Waals surface area contributed by atoms with Gasteiger partial charge in [-0.25, -0.2) is 19.4 Å². The van der Waals surface area contributed by atoms with Gasteiger partial charge in [0.25, 0.3) is 0 Å². The van der Waals surface area contributed by atoms with Crippen LogP contribution in [-0.2, 0) is 5.54 Å². The Kier molecular flexibility index (Phi) is 7.12. The first-order chi connectivity index (χ1) is 19.2. The number of carbonyl (C=O) groups is 1. The summed E-state index contributed by atoms with van der Waals surface area (Å²) in [5.41, 5.74) is 9.52. The molecule has 0 spiro atoms. The molecule has 1 aliphatic carbocycles. The van der Waals surface area contributed by atoms with E-state index in [1.54, 1.807) is 37.0 Å². The molecule has 4 aromatic rings. The standard InChI is InChI=1S/C28H30F2N6O5/c1-14-12-36-19(8-17(14)16-10-32-25(33-11-16)27(2,3)31)23-18(9-20(24(23)34-36)35(4)28(38,39)40)22-15(13-37)6-5-7-21(22)41-26(29)30/h5-8,10-13,18,20,26,38-40H,9,31H2,1-4H3. The number of aromatic nitrogens is 4. The lowest BCUT2D eigenvalue weighted by molar-refractivity contribution is -0.396. The summed E-state index contributed by atoms with van der Waals surface area (Å²) in [5, 5.41) is 34.7. The Morgan fingerprint density at radius 2 is 1.88 bits per heavy atom. The predicted octanol–water partition coefficient (Wildman–Crippen LogP) is 2.80. The summed E-state index contributed by atoms with van der Waals surface area (Å²) in [7, 11) is 1.29. The minimum atomic E-state index is -3.20. The Labute approximate surface area is 233 Å². The van der Waals surface area contributed by atoms with E-state index in [0.717, 1.165) is 16.0 Å². The molecule has 2 unspecified atom stereocenters. The summed E-state index contributed by atoms with van der Waals surface area (Å²) < 4.78 is 33.2. The van der Waals surface area contributed by atoms with Gasteiger partial charge in [-0.15, -0.1) is 0 Å². The van der Waals surface area contributed by atoms with Crippen LogP contribution in [0.25, 0.3) is 16.6 Å². The van der Waals surface area contributed by atoms with Crippen LogP contribution in [0.15, 0.2) is 42.9 Å². The van der Waals surface area contributed by atoms with Gasteiger partial charge in [0, 0.05) is 46.8 Å². The molecule has 1 aliphatic rings. The molecule has 3 aromatic heterocycles. The van der Waals surface area contributed by atoms with E-state index in [1.807, 2.05) is 13.0 Å². The highest BCUT2D eigenvalue weighted by molar-refractivity contribution is 5.81. The summed E-state index contributed by atoms with van der Waals surface area (Å²) in [4.78, 5) is 21.8. The molecule has 13 heteroatoms. The predicted molar refractivity (Wildman–Crippen MR) is 143 cm³/mol. The summed E-state index contributed by atoms with van der Waals surface area (Å²) >= 11 is 0. The lowest BCUT2D eigenvalue weighted by Crippen LogP contribution is -2.47. The van der Waals surface area contributed by atoms with Crippen molar-refractivity contribution in [3.05, 3.63) is 76.6 Å². The smallest absolute Gasteiger partial charge is 0.387 e. The Balaban J connectivity index is 1.74. The van der Waals surface area contributed by atoms with Gasteiger partial charge < -0.3 is 25.8 Å². The van der Waals surface area contributed by atoms with E-state index in [-0.39, 0.29) is 23.3 Å². The quantitative estimate of drug-likeness (QED) is 0.184. The number of carbonyl (C=O) groups excluding carboxylic acids is 1. The van der Waals surface area contributed by atoms with Gasteiger partial charge in [-0.1, -0.05) is 12.1 Å². The molecule has 0 aliphatic heterocycles. The average molecular weight is 569 g/mol. The number of hydrogen-bond acceptors (Lipinski definition) is 10. The Morgan fingerprint density at radius 3 is 2.46 bits per heavy atom. The highest BCUT2D eigenvalue weighted by atomic mass is 19.3. The number of alkyl halides is 2. The molecule has 1 aromatic carbocycles. The SMILES string of the molecule is Cc1cn2nc3c(c2cc1-c1cnc(C(C)(C)N)nc1)C(c1c(C=O)cccc1OC(F)F)CC3N(C)C(O)(O)O. The minimum absolute atomic E-state index is 0.0746. The van der Waals surface area contributed by atoms with Crippen molar-refractivity contribution < 1.29 is 33.6 Å². The molecule has 216 valence electrons. The maximum Gasteiger partial charge on any atom is 0.387 e. The summed E-state index contributed by atoms with van der Waals surface area (Å²) in [6.45, 7) is 2.33. The number of aryl methyl sites for hydroxylation is 1. The average Bonchev–Trinajstić information content (AvgIpc) is 3.43.